The average molecular weight is 273 g/mol. The average Bonchev–Trinajstić information content (AvgIpc) is 2.73. The van der Waals surface area contributed by atoms with Crippen molar-refractivity contribution in [2.24, 2.45) is 0 Å². The Morgan fingerprint density at radius 1 is 1.21 bits per heavy atom. The maximum Gasteiger partial charge on any atom is 0.451 e. The lowest BCUT2D eigenvalue weighted by atomic mass is 10.5. The molecule has 6 nitrogen and oxygen atoms in total. The molecule has 2 aromatic rings. The van der Waals surface area contributed by atoms with Gasteiger partial charge in [-0.2, -0.15) is 18.2 Å². The van der Waals surface area contributed by atoms with Crippen LogP contribution in [-0.2, 0) is 6.18 Å². The van der Waals surface area contributed by atoms with Gasteiger partial charge in [0.05, 0.1) is 0 Å². The van der Waals surface area contributed by atoms with E-state index >= 15 is 0 Å². The second-order valence-electron chi connectivity index (χ2n) is 3.65. The summed E-state index contributed by atoms with van der Waals surface area (Å²) in [5, 5.41) is 8.87. The van der Waals surface area contributed by atoms with E-state index in [1.165, 1.54) is 19.2 Å². The molecule has 2 heterocycles. The summed E-state index contributed by atoms with van der Waals surface area (Å²) < 4.78 is 42.9. The van der Waals surface area contributed by atoms with Gasteiger partial charge in [-0.15, -0.1) is 5.10 Å². The van der Waals surface area contributed by atoms with E-state index in [9.17, 15) is 13.2 Å². The number of aromatic nitrogens is 4. The molecular formula is C10H10F3N5O. The molecule has 0 unspecified atom stereocenters. The van der Waals surface area contributed by atoms with E-state index in [2.05, 4.69) is 25.5 Å². The lowest BCUT2D eigenvalue weighted by Crippen LogP contribution is -2.12. The van der Waals surface area contributed by atoms with Crippen LogP contribution in [-0.4, -0.2) is 27.2 Å². The fraction of sp³-hybridized carbons (Fsp3) is 0.300. The molecule has 2 rings (SSSR count). The Morgan fingerprint density at radius 3 is 2.47 bits per heavy atom. The van der Waals surface area contributed by atoms with Crippen LogP contribution in [0.15, 0.2) is 12.1 Å². The molecule has 0 amide bonds. The molecule has 0 aliphatic rings. The third kappa shape index (κ3) is 3.12. The fourth-order valence-electron chi connectivity index (χ4n) is 1.28. The molecule has 2 N–H and O–H groups in total. The van der Waals surface area contributed by atoms with Crippen LogP contribution in [0.4, 0.5) is 19.0 Å². The summed E-state index contributed by atoms with van der Waals surface area (Å²) in [5.41, 5.74) is 0.717. The number of hydrogen-bond donors (Lipinski definition) is 2. The summed E-state index contributed by atoms with van der Waals surface area (Å²) in [4.78, 5) is 6.62. The van der Waals surface area contributed by atoms with E-state index in [1.54, 1.807) is 6.92 Å². The number of hydrogen-bond acceptors (Lipinski definition) is 5. The Morgan fingerprint density at radius 2 is 1.95 bits per heavy atom. The zero-order chi connectivity index (χ0) is 14.0. The van der Waals surface area contributed by atoms with Crippen LogP contribution < -0.4 is 10.1 Å². The molecule has 0 spiro atoms. The molecule has 0 aromatic carbocycles. The second-order valence-corrected chi connectivity index (χ2v) is 3.65. The van der Waals surface area contributed by atoms with Crippen molar-refractivity contribution in [3.63, 3.8) is 0 Å². The number of H-pyrrole nitrogens is 1. The number of anilines is 1. The first kappa shape index (κ1) is 13.1. The molecule has 2 aromatic heterocycles. The highest BCUT2D eigenvalue weighted by Gasteiger charge is 2.35. The van der Waals surface area contributed by atoms with Crippen molar-refractivity contribution in [1.29, 1.82) is 0 Å². The predicted molar refractivity (Wildman–Crippen MR) is 60.0 cm³/mol. The van der Waals surface area contributed by atoms with E-state index < -0.39 is 12.0 Å². The van der Waals surface area contributed by atoms with Gasteiger partial charge in [0.2, 0.25) is 17.6 Å². The number of nitrogens with zero attached hydrogens (tertiary/aromatic N) is 3. The van der Waals surface area contributed by atoms with Gasteiger partial charge in [0.25, 0.3) is 0 Å². The fourth-order valence-corrected chi connectivity index (χ4v) is 1.28. The van der Waals surface area contributed by atoms with Crippen molar-refractivity contribution in [2.75, 3.05) is 12.4 Å². The molecule has 9 heteroatoms. The maximum absolute atomic E-state index is 12.6. The van der Waals surface area contributed by atoms with Crippen molar-refractivity contribution in [3.05, 3.63) is 23.7 Å². The third-order valence-corrected chi connectivity index (χ3v) is 2.10. The highest BCUT2D eigenvalue weighted by molar-refractivity contribution is 5.39. The zero-order valence-electron chi connectivity index (χ0n) is 10.0. The van der Waals surface area contributed by atoms with E-state index in [0.29, 0.717) is 5.69 Å². The highest BCUT2D eigenvalue weighted by atomic mass is 19.4. The molecule has 0 radical (unpaired) electrons. The molecule has 0 aliphatic carbocycles. The van der Waals surface area contributed by atoms with Crippen molar-refractivity contribution in [3.8, 4) is 11.8 Å². The normalized spacial score (nSPS) is 11.4. The van der Waals surface area contributed by atoms with Crippen molar-refractivity contribution < 1.29 is 17.9 Å². The lowest BCUT2D eigenvalue weighted by Gasteiger charge is -2.09. The molecule has 0 atom stereocenters. The quantitative estimate of drug-likeness (QED) is 0.897. The molecule has 0 saturated carbocycles. The van der Waals surface area contributed by atoms with Crippen molar-refractivity contribution in [1.82, 2.24) is 20.2 Å². The van der Waals surface area contributed by atoms with Gasteiger partial charge in [-0.3, -0.25) is 5.10 Å². The number of aryl methyl sites for hydroxylation is 1. The number of halogens is 3. The monoisotopic (exact) mass is 273 g/mol. The van der Waals surface area contributed by atoms with E-state index in [4.69, 9.17) is 4.74 Å². The summed E-state index contributed by atoms with van der Waals surface area (Å²) >= 11 is 0. The van der Waals surface area contributed by atoms with E-state index in [-0.39, 0.29) is 17.6 Å². The first-order chi connectivity index (χ1) is 8.88. The van der Waals surface area contributed by atoms with Crippen LogP contribution in [0.2, 0.25) is 0 Å². The standard InChI is InChI=1S/C10H10F3N5O/c1-5-3-8(18-17-5)19-7-4-6(14-2)15-9(16-7)10(11,12)13/h3-4H,1-2H3,(H,17,18)(H,14,15,16). The van der Waals surface area contributed by atoms with Crippen LogP contribution in [0.5, 0.6) is 11.8 Å². The number of ether oxygens (including phenoxy) is 1. The summed E-state index contributed by atoms with van der Waals surface area (Å²) in [6.07, 6.45) is -4.65. The largest absolute Gasteiger partial charge is 0.451 e. The molecule has 0 aliphatic heterocycles. The van der Waals surface area contributed by atoms with Gasteiger partial charge >= 0.3 is 6.18 Å². The zero-order valence-corrected chi connectivity index (χ0v) is 10.0. The molecule has 0 saturated heterocycles. The first-order valence-electron chi connectivity index (χ1n) is 5.22. The number of rotatable bonds is 3. The third-order valence-electron chi connectivity index (χ3n) is 2.10. The first-order valence-corrected chi connectivity index (χ1v) is 5.22. The number of alkyl halides is 3. The van der Waals surface area contributed by atoms with E-state index in [1.807, 2.05) is 0 Å². The summed E-state index contributed by atoms with van der Waals surface area (Å²) in [5.74, 6) is -1.38. The van der Waals surface area contributed by atoms with Crippen molar-refractivity contribution >= 4 is 5.82 Å². The minimum atomic E-state index is -4.65. The SMILES string of the molecule is CNc1cc(Oc2cc(C)[nH]n2)nc(C(F)(F)F)n1. The van der Waals surface area contributed by atoms with Gasteiger partial charge in [0.15, 0.2) is 0 Å². The smallest absolute Gasteiger partial charge is 0.419 e. The Hall–Kier alpha value is -2.32. The topological polar surface area (TPSA) is 75.7 Å². The predicted octanol–water partition coefficient (Wildman–Crippen LogP) is 2.36. The molecule has 0 bridgehead atoms. The van der Waals surface area contributed by atoms with Crippen LogP contribution in [0.3, 0.4) is 0 Å². The minimum Gasteiger partial charge on any atom is -0.419 e. The van der Waals surface area contributed by atoms with Gasteiger partial charge in [-0.05, 0) is 6.92 Å². The minimum absolute atomic E-state index is 0.00424. The summed E-state index contributed by atoms with van der Waals surface area (Å²) in [6.45, 7) is 1.74. The number of aromatic amines is 1. The molecule has 0 fully saturated rings. The second kappa shape index (κ2) is 4.75. The van der Waals surface area contributed by atoms with Gasteiger partial charge in [0, 0.05) is 24.9 Å². The Kier molecular flexibility index (Phi) is 3.28. The maximum atomic E-state index is 12.6. The van der Waals surface area contributed by atoms with Gasteiger partial charge in [0.1, 0.15) is 5.82 Å². The summed E-state index contributed by atoms with van der Waals surface area (Å²) in [7, 11) is 1.45. The lowest BCUT2D eigenvalue weighted by molar-refractivity contribution is -0.145. The summed E-state index contributed by atoms with van der Waals surface area (Å²) in [6, 6.07) is 2.79. The molecule has 19 heavy (non-hydrogen) atoms. The Bertz CT molecular complexity index is 581. The van der Waals surface area contributed by atoms with Crippen molar-refractivity contribution in [2.45, 2.75) is 13.1 Å². The van der Waals surface area contributed by atoms with Crippen LogP contribution in [0.25, 0.3) is 0 Å². The van der Waals surface area contributed by atoms with Crippen LogP contribution in [0.1, 0.15) is 11.5 Å². The molecular weight excluding hydrogens is 263 g/mol. The Labute approximate surface area is 106 Å². The van der Waals surface area contributed by atoms with Gasteiger partial charge < -0.3 is 10.1 Å². The van der Waals surface area contributed by atoms with Gasteiger partial charge in [-0.1, -0.05) is 0 Å². The van der Waals surface area contributed by atoms with Gasteiger partial charge in [-0.25, -0.2) is 4.98 Å². The highest BCUT2D eigenvalue weighted by Crippen LogP contribution is 2.29. The molecule has 102 valence electrons. The Balaban J connectivity index is 2.34. The van der Waals surface area contributed by atoms with Crippen LogP contribution in [0, 0.1) is 6.92 Å². The number of nitrogens with one attached hydrogen (secondary N) is 2. The van der Waals surface area contributed by atoms with Crippen LogP contribution >= 0.6 is 0 Å². The van der Waals surface area contributed by atoms with E-state index in [0.717, 1.165) is 0 Å².